The standard InChI is InChI=1S/C18H14Cl2F2N2O2/c19-13-2-1-3-14(20)18(13)24-9-10(4-7-16(24)25)17(23-26)12-6-5-11(21)8-15(12)22/h1-3,5-6,8,10,26H,4,7,9H2. The third kappa shape index (κ3) is 3.52. The molecule has 1 fully saturated rings. The molecule has 8 heteroatoms. The van der Waals surface area contributed by atoms with E-state index in [-0.39, 0.29) is 30.1 Å². The van der Waals surface area contributed by atoms with Crippen LogP contribution in [0.5, 0.6) is 0 Å². The van der Waals surface area contributed by atoms with Crippen molar-refractivity contribution >= 4 is 40.5 Å². The van der Waals surface area contributed by atoms with Gasteiger partial charge < -0.3 is 10.1 Å². The van der Waals surface area contributed by atoms with Crippen molar-refractivity contribution in [2.45, 2.75) is 12.8 Å². The Kier molecular flexibility index (Phi) is 5.44. The van der Waals surface area contributed by atoms with E-state index in [1.807, 2.05) is 0 Å². The minimum Gasteiger partial charge on any atom is -0.411 e. The molecule has 0 saturated carbocycles. The summed E-state index contributed by atoms with van der Waals surface area (Å²) in [7, 11) is 0. The molecule has 1 aliphatic rings. The van der Waals surface area contributed by atoms with Crippen molar-refractivity contribution in [3.63, 3.8) is 0 Å². The largest absolute Gasteiger partial charge is 0.411 e. The number of oxime groups is 1. The third-order valence-corrected chi connectivity index (χ3v) is 4.93. The molecule has 136 valence electrons. The lowest BCUT2D eigenvalue weighted by molar-refractivity contribution is -0.119. The molecule has 1 amide bonds. The van der Waals surface area contributed by atoms with Crippen LogP contribution in [0.4, 0.5) is 14.5 Å². The first-order valence-corrected chi connectivity index (χ1v) is 8.59. The fourth-order valence-corrected chi connectivity index (χ4v) is 3.69. The lowest BCUT2D eigenvalue weighted by Gasteiger charge is -2.34. The molecule has 0 radical (unpaired) electrons. The van der Waals surface area contributed by atoms with E-state index in [0.29, 0.717) is 22.2 Å². The van der Waals surface area contributed by atoms with Crippen LogP contribution in [0.3, 0.4) is 0 Å². The number of anilines is 1. The summed E-state index contributed by atoms with van der Waals surface area (Å²) >= 11 is 12.4. The summed E-state index contributed by atoms with van der Waals surface area (Å²) in [5.74, 6) is -2.22. The van der Waals surface area contributed by atoms with Gasteiger partial charge in [0, 0.05) is 30.5 Å². The molecule has 1 atom stereocenters. The van der Waals surface area contributed by atoms with Gasteiger partial charge in [-0.2, -0.15) is 0 Å². The molecule has 2 aromatic carbocycles. The fraction of sp³-hybridized carbons (Fsp3) is 0.222. The number of rotatable bonds is 3. The second kappa shape index (κ2) is 7.60. The number of halogens is 4. The Labute approximate surface area is 158 Å². The van der Waals surface area contributed by atoms with E-state index in [4.69, 9.17) is 23.2 Å². The fourth-order valence-electron chi connectivity index (χ4n) is 3.08. The zero-order valence-corrected chi connectivity index (χ0v) is 14.9. The number of amides is 1. The molecule has 4 nitrogen and oxygen atoms in total. The number of carbonyl (C=O) groups excluding carboxylic acids is 1. The van der Waals surface area contributed by atoms with E-state index in [0.717, 1.165) is 12.1 Å². The highest BCUT2D eigenvalue weighted by Crippen LogP contribution is 2.37. The summed E-state index contributed by atoms with van der Waals surface area (Å²) in [6.45, 7) is 0.110. The van der Waals surface area contributed by atoms with E-state index < -0.39 is 17.6 Å². The highest BCUT2D eigenvalue weighted by Gasteiger charge is 2.33. The number of benzene rings is 2. The maximum atomic E-state index is 14.1. The number of hydrogen-bond acceptors (Lipinski definition) is 3. The minimum absolute atomic E-state index is 0.0153. The lowest BCUT2D eigenvalue weighted by atomic mass is 9.88. The summed E-state index contributed by atoms with van der Waals surface area (Å²) < 4.78 is 27.3. The Morgan fingerprint density at radius 2 is 1.88 bits per heavy atom. The molecular formula is C18H14Cl2F2N2O2. The van der Waals surface area contributed by atoms with Crippen molar-refractivity contribution < 1.29 is 18.8 Å². The summed E-state index contributed by atoms with van der Waals surface area (Å²) in [6, 6.07) is 7.90. The number of para-hydroxylation sites is 1. The van der Waals surface area contributed by atoms with Crippen molar-refractivity contribution in [1.82, 2.24) is 0 Å². The molecule has 1 unspecified atom stereocenters. The summed E-state index contributed by atoms with van der Waals surface area (Å²) in [5.41, 5.74) is 0.393. The second-order valence-electron chi connectivity index (χ2n) is 5.92. The smallest absolute Gasteiger partial charge is 0.227 e. The monoisotopic (exact) mass is 398 g/mol. The van der Waals surface area contributed by atoms with Crippen molar-refractivity contribution in [3.8, 4) is 0 Å². The van der Waals surface area contributed by atoms with E-state index in [2.05, 4.69) is 5.16 Å². The summed E-state index contributed by atoms with van der Waals surface area (Å²) in [5, 5.41) is 13.3. The molecule has 1 N–H and O–H groups in total. The molecule has 26 heavy (non-hydrogen) atoms. The van der Waals surface area contributed by atoms with Crippen LogP contribution in [-0.2, 0) is 4.79 Å². The Balaban J connectivity index is 1.95. The van der Waals surface area contributed by atoms with E-state index in [9.17, 15) is 18.8 Å². The average molecular weight is 399 g/mol. The molecular weight excluding hydrogens is 385 g/mol. The van der Waals surface area contributed by atoms with Crippen molar-refractivity contribution in [2.24, 2.45) is 11.1 Å². The molecule has 1 saturated heterocycles. The third-order valence-electron chi connectivity index (χ3n) is 4.32. The van der Waals surface area contributed by atoms with Gasteiger partial charge in [-0.05, 0) is 30.7 Å². The molecule has 3 rings (SSSR count). The Bertz CT molecular complexity index is 869. The minimum atomic E-state index is -0.836. The first-order chi connectivity index (χ1) is 12.4. The molecule has 0 aromatic heterocycles. The summed E-state index contributed by atoms with van der Waals surface area (Å²) in [6.07, 6.45) is 0.502. The van der Waals surface area contributed by atoms with Crippen LogP contribution in [0, 0.1) is 17.6 Å². The zero-order chi connectivity index (χ0) is 18.8. The van der Waals surface area contributed by atoms with Gasteiger partial charge in [-0.25, -0.2) is 8.78 Å². The number of nitrogens with zero attached hydrogens (tertiary/aromatic N) is 2. The van der Waals surface area contributed by atoms with Gasteiger partial charge in [0.05, 0.1) is 21.4 Å². The predicted octanol–water partition coefficient (Wildman–Crippen LogP) is 4.89. The molecule has 1 aliphatic heterocycles. The Morgan fingerprint density at radius 1 is 1.19 bits per heavy atom. The van der Waals surface area contributed by atoms with Crippen molar-refractivity contribution in [1.29, 1.82) is 0 Å². The van der Waals surface area contributed by atoms with Crippen LogP contribution in [0.15, 0.2) is 41.6 Å². The topological polar surface area (TPSA) is 52.9 Å². The van der Waals surface area contributed by atoms with Gasteiger partial charge in [-0.3, -0.25) is 4.79 Å². The lowest BCUT2D eigenvalue weighted by Crippen LogP contribution is -2.43. The molecule has 0 bridgehead atoms. The van der Waals surface area contributed by atoms with Gasteiger partial charge in [-0.15, -0.1) is 0 Å². The van der Waals surface area contributed by atoms with Gasteiger partial charge in [0.25, 0.3) is 0 Å². The van der Waals surface area contributed by atoms with Crippen molar-refractivity contribution in [3.05, 3.63) is 63.6 Å². The first-order valence-electron chi connectivity index (χ1n) is 7.84. The van der Waals surface area contributed by atoms with Crippen LogP contribution in [0.2, 0.25) is 10.0 Å². The predicted molar refractivity (Wildman–Crippen MR) is 96.2 cm³/mol. The zero-order valence-electron chi connectivity index (χ0n) is 13.4. The van der Waals surface area contributed by atoms with E-state index >= 15 is 0 Å². The van der Waals surface area contributed by atoms with Crippen LogP contribution in [0.25, 0.3) is 0 Å². The van der Waals surface area contributed by atoms with Gasteiger partial charge in [0.15, 0.2) is 0 Å². The maximum Gasteiger partial charge on any atom is 0.227 e. The van der Waals surface area contributed by atoms with E-state index in [1.54, 1.807) is 18.2 Å². The van der Waals surface area contributed by atoms with Gasteiger partial charge in [-0.1, -0.05) is 34.4 Å². The molecule has 0 spiro atoms. The van der Waals surface area contributed by atoms with Gasteiger partial charge in [0.2, 0.25) is 5.91 Å². The molecule has 1 heterocycles. The van der Waals surface area contributed by atoms with E-state index in [1.165, 1.54) is 11.0 Å². The van der Waals surface area contributed by atoms with Crippen LogP contribution >= 0.6 is 23.2 Å². The van der Waals surface area contributed by atoms with Crippen LogP contribution in [0.1, 0.15) is 18.4 Å². The molecule has 2 aromatic rings. The number of piperidine rings is 1. The molecule has 0 aliphatic carbocycles. The van der Waals surface area contributed by atoms with Crippen molar-refractivity contribution in [2.75, 3.05) is 11.4 Å². The van der Waals surface area contributed by atoms with Crippen LogP contribution in [-0.4, -0.2) is 23.4 Å². The summed E-state index contributed by atoms with van der Waals surface area (Å²) in [4.78, 5) is 13.8. The first kappa shape index (κ1) is 18.6. The normalized spacial score (nSPS) is 18.3. The SMILES string of the molecule is O=C1CCC(C(=NO)c2ccc(F)cc2F)CN1c1c(Cl)cccc1Cl. The average Bonchev–Trinajstić information content (AvgIpc) is 2.59. The Hall–Kier alpha value is -2.18. The number of hydrogen-bond donors (Lipinski definition) is 1. The highest BCUT2D eigenvalue weighted by atomic mass is 35.5. The van der Waals surface area contributed by atoms with Gasteiger partial charge in [0.1, 0.15) is 11.6 Å². The van der Waals surface area contributed by atoms with Crippen LogP contribution < -0.4 is 4.90 Å². The maximum absolute atomic E-state index is 14.1. The highest BCUT2D eigenvalue weighted by molar-refractivity contribution is 6.40. The second-order valence-corrected chi connectivity index (χ2v) is 6.73. The quantitative estimate of drug-likeness (QED) is 0.454. The Morgan fingerprint density at radius 3 is 2.50 bits per heavy atom. The number of carbonyl (C=O) groups is 1. The van der Waals surface area contributed by atoms with Gasteiger partial charge >= 0.3 is 0 Å².